The van der Waals surface area contributed by atoms with Gasteiger partial charge in [0.1, 0.15) is 0 Å². The molecule has 0 saturated heterocycles. The summed E-state index contributed by atoms with van der Waals surface area (Å²) in [5.74, 6) is -0.190. The van der Waals surface area contributed by atoms with Crippen LogP contribution in [0.25, 0.3) is 0 Å². The Balaban J connectivity index is 0.00000441. The number of sulfonamides is 1. The van der Waals surface area contributed by atoms with E-state index in [9.17, 15) is 13.2 Å². The number of hydrogen-bond donors (Lipinski definition) is 3. The van der Waals surface area contributed by atoms with E-state index in [2.05, 4.69) is 15.4 Å². The Labute approximate surface area is 137 Å². The van der Waals surface area contributed by atoms with E-state index < -0.39 is 10.0 Å². The molecule has 1 rings (SSSR count). The van der Waals surface area contributed by atoms with Crippen LogP contribution in [0.15, 0.2) is 35.2 Å². The summed E-state index contributed by atoms with van der Waals surface area (Å²) in [5, 5.41) is 5.51. The second-order valence-electron chi connectivity index (χ2n) is 4.23. The van der Waals surface area contributed by atoms with E-state index >= 15 is 0 Å². The number of amides is 1. The average molecular weight is 352 g/mol. The number of rotatable bonds is 10. The molecule has 0 aliphatic carbocycles. The van der Waals surface area contributed by atoms with Gasteiger partial charge in [0, 0.05) is 26.7 Å². The number of methoxy groups -OCH3 is 1. The standard InChI is InChI=1S/C13H21N3O4S.ClH/c1-20-10-9-14-11-13(17)15-7-8-16-21(18,19)12-5-3-2-4-6-12;/h2-6,14,16H,7-11H2,1H3,(H,15,17);1H. The van der Waals surface area contributed by atoms with Crippen molar-refractivity contribution in [3.63, 3.8) is 0 Å². The van der Waals surface area contributed by atoms with E-state index in [4.69, 9.17) is 4.74 Å². The van der Waals surface area contributed by atoms with Crippen molar-refractivity contribution in [2.24, 2.45) is 0 Å². The van der Waals surface area contributed by atoms with E-state index in [1.165, 1.54) is 12.1 Å². The zero-order valence-corrected chi connectivity index (χ0v) is 14.0. The van der Waals surface area contributed by atoms with Crippen LogP contribution in [0.4, 0.5) is 0 Å². The van der Waals surface area contributed by atoms with E-state index in [-0.39, 0.29) is 42.8 Å². The first-order valence-corrected chi connectivity index (χ1v) is 8.05. The van der Waals surface area contributed by atoms with Crippen LogP contribution in [0.3, 0.4) is 0 Å². The highest BCUT2D eigenvalue weighted by molar-refractivity contribution is 7.89. The van der Waals surface area contributed by atoms with Gasteiger partial charge in [0.15, 0.2) is 0 Å². The van der Waals surface area contributed by atoms with Crippen LogP contribution < -0.4 is 15.4 Å². The third kappa shape index (κ3) is 8.30. The molecule has 1 aromatic carbocycles. The Morgan fingerprint density at radius 2 is 1.82 bits per heavy atom. The van der Waals surface area contributed by atoms with Crippen molar-refractivity contribution >= 4 is 28.3 Å². The highest BCUT2D eigenvalue weighted by Crippen LogP contribution is 2.06. The second-order valence-corrected chi connectivity index (χ2v) is 6.00. The van der Waals surface area contributed by atoms with Gasteiger partial charge in [-0.3, -0.25) is 4.79 Å². The van der Waals surface area contributed by atoms with Crippen LogP contribution in [0.1, 0.15) is 0 Å². The lowest BCUT2D eigenvalue weighted by Crippen LogP contribution is -2.39. The third-order valence-corrected chi connectivity index (χ3v) is 4.04. The van der Waals surface area contributed by atoms with Crippen LogP contribution in [0.2, 0.25) is 0 Å². The van der Waals surface area contributed by atoms with Gasteiger partial charge >= 0.3 is 0 Å². The van der Waals surface area contributed by atoms with E-state index in [1.54, 1.807) is 25.3 Å². The van der Waals surface area contributed by atoms with Crippen molar-refractivity contribution in [3.8, 4) is 0 Å². The molecule has 1 aromatic rings. The summed E-state index contributed by atoms with van der Waals surface area (Å²) in [5.41, 5.74) is 0. The minimum absolute atomic E-state index is 0. The smallest absolute Gasteiger partial charge is 0.240 e. The number of ether oxygens (including phenoxy) is 1. The molecule has 0 aromatic heterocycles. The number of nitrogens with one attached hydrogen (secondary N) is 3. The van der Waals surface area contributed by atoms with E-state index in [0.29, 0.717) is 13.2 Å². The molecule has 7 nitrogen and oxygen atoms in total. The largest absolute Gasteiger partial charge is 0.383 e. The first-order valence-electron chi connectivity index (χ1n) is 6.57. The van der Waals surface area contributed by atoms with Crippen LogP contribution in [0.5, 0.6) is 0 Å². The lowest BCUT2D eigenvalue weighted by molar-refractivity contribution is -0.120. The summed E-state index contributed by atoms with van der Waals surface area (Å²) >= 11 is 0. The molecule has 0 saturated carbocycles. The molecule has 22 heavy (non-hydrogen) atoms. The maximum absolute atomic E-state index is 11.9. The molecule has 0 bridgehead atoms. The molecule has 0 radical (unpaired) electrons. The zero-order valence-electron chi connectivity index (χ0n) is 12.4. The molecule has 0 heterocycles. The molecule has 0 aliphatic heterocycles. The number of halogens is 1. The van der Waals surface area contributed by atoms with Crippen molar-refractivity contribution < 1.29 is 17.9 Å². The van der Waals surface area contributed by atoms with Gasteiger partial charge in [0.2, 0.25) is 15.9 Å². The van der Waals surface area contributed by atoms with Crippen molar-refractivity contribution in [3.05, 3.63) is 30.3 Å². The Morgan fingerprint density at radius 1 is 1.14 bits per heavy atom. The molecule has 0 fully saturated rings. The van der Waals surface area contributed by atoms with E-state index in [0.717, 1.165) is 0 Å². The fourth-order valence-corrected chi connectivity index (χ4v) is 2.56. The minimum Gasteiger partial charge on any atom is -0.383 e. The van der Waals surface area contributed by atoms with Crippen LogP contribution >= 0.6 is 12.4 Å². The van der Waals surface area contributed by atoms with Gasteiger partial charge in [-0.25, -0.2) is 13.1 Å². The number of carbonyl (C=O) groups excluding carboxylic acids is 1. The Bertz CT molecular complexity index is 525. The Hall–Kier alpha value is -1.19. The SMILES string of the molecule is COCCNCC(=O)NCCNS(=O)(=O)c1ccccc1.Cl. The van der Waals surface area contributed by atoms with Gasteiger partial charge in [-0.05, 0) is 12.1 Å². The normalized spacial score (nSPS) is 10.8. The molecule has 9 heteroatoms. The fourth-order valence-electron chi connectivity index (χ4n) is 1.51. The van der Waals surface area contributed by atoms with Gasteiger partial charge in [-0.1, -0.05) is 18.2 Å². The predicted molar refractivity (Wildman–Crippen MR) is 86.6 cm³/mol. The molecule has 1 amide bonds. The molecular weight excluding hydrogens is 330 g/mol. The molecule has 0 spiro atoms. The number of hydrogen-bond acceptors (Lipinski definition) is 5. The lowest BCUT2D eigenvalue weighted by atomic mass is 10.4. The maximum Gasteiger partial charge on any atom is 0.240 e. The van der Waals surface area contributed by atoms with Gasteiger partial charge in [0.05, 0.1) is 18.0 Å². The molecule has 0 unspecified atom stereocenters. The van der Waals surface area contributed by atoms with Crippen LogP contribution in [0, 0.1) is 0 Å². The van der Waals surface area contributed by atoms with Crippen molar-refractivity contribution in [1.82, 2.24) is 15.4 Å². The molecule has 0 aliphatic rings. The quantitative estimate of drug-likeness (QED) is 0.505. The van der Waals surface area contributed by atoms with Gasteiger partial charge in [0.25, 0.3) is 0 Å². The van der Waals surface area contributed by atoms with Crippen LogP contribution in [-0.2, 0) is 19.6 Å². The number of carbonyl (C=O) groups is 1. The third-order valence-electron chi connectivity index (χ3n) is 2.56. The molecule has 3 N–H and O–H groups in total. The first-order chi connectivity index (χ1) is 10.1. The number of benzene rings is 1. The second kappa shape index (κ2) is 11.4. The summed E-state index contributed by atoms with van der Waals surface area (Å²) in [6.07, 6.45) is 0. The monoisotopic (exact) mass is 351 g/mol. The molecular formula is C13H22ClN3O4S. The topological polar surface area (TPSA) is 96.5 Å². The summed E-state index contributed by atoms with van der Waals surface area (Å²) in [4.78, 5) is 11.6. The van der Waals surface area contributed by atoms with Crippen molar-refractivity contribution in [2.45, 2.75) is 4.90 Å². The minimum atomic E-state index is -3.52. The first kappa shape index (κ1) is 20.8. The summed E-state index contributed by atoms with van der Waals surface area (Å²) in [7, 11) is -1.93. The van der Waals surface area contributed by atoms with Gasteiger partial charge in [-0.2, -0.15) is 0 Å². The summed E-state index contributed by atoms with van der Waals surface area (Å²) in [6.45, 7) is 1.67. The fraction of sp³-hybridized carbons (Fsp3) is 0.462. The Kier molecular flexibility index (Phi) is 10.8. The van der Waals surface area contributed by atoms with E-state index in [1.807, 2.05) is 0 Å². The zero-order chi connectivity index (χ0) is 15.6. The van der Waals surface area contributed by atoms with Crippen molar-refractivity contribution in [2.75, 3.05) is 39.9 Å². The maximum atomic E-state index is 11.9. The highest BCUT2D eigenvalue weighted by atomic mass is 35.5. The Morgan fingerprint density at radius 3 is 2.45 bits per heavy atom. The van der Waals surface area contributed by atoms with Gasteiger partial charge < -0.3 is 15.4 Å². The summed E-state index contributed by atoms with van der Waals surface area (Å²) in [6, 6.07) is 8.08. The lowest BCUT2D eigenvalue weighted by Gasteiger charge is -2.08. The average Bonchev–Trinajstić information content (AvgIpc) is 2.49. The van der Waals surface area contributed by atoms with Crippen LogP contribution in [-0.4, -0.2) is 54.2 Å². The van der Waals surface area contributed by atoms with Gasteiger partial charge in [-0.15, -0.1) is 12.4 Å². The van der Waals surface area contributed by atoms with Crippen molar-refractivity contribution in [1.29, 1.82) is 0 Å². The molecule has 0 atom stereocenters. The molecule has 126 valence electrons. The predicted octanol–water partition coefficient (Wildman–Crippen LogP) is -0.261. The summed E-state index contributed by atoms with van der Waals surface area (Å²) < 4.78 is 31.0. The highest BCUT2D eigenvalue weighted by Gasteiger charge is 2.12.